The Hall–Kier alpha value is 0.280. The van der Waals surface area contributed by atoms with Gasteiger partial charge >= 0.3 is 0 Å². The topological polar surface area (TPSA) is 37.4 Å². The van der Waals surface area contributed by atoms with Crippen LogP contribution in [0.5, 0.6) is 0 Å². The molecule has 23 heavy (non-hydrogen) atoms. The van der Waals surface area contributed by atoms with E-state index in [-0.39, 0.29) is 18.0 Å². The van der Waals surface area contributed by atoms with Crippen LogP contribution >= 0.6 is 28.3 Å². The fraction of sp³-hybridized carbons (Fsp3) is 0.941. The lowest BCUT2D eigenvalue weighted by atomic mass is 9.48. The van der Waals surface area contributed by atoms with E-state index in [2.05, 4.69) is 27.7 Å². The lowest BCUT2D eigenvalue weighted by Gasteiger charge is -2.62. The highest BCUT2D eigenvalue weighted by Gasteiger charge is 2.66. The van der Waals surface area contributed by atoms with Crippen LogP contribution < -0.4 is 0 Å². The predicted molar refractivity (Wildman–Crippen MR) is 96.3 cm³/mol. The summed E-state index contributed by atoms with van der Waals surface area (Å²) >= 11 is 12.4. The fourth-order valence-electron chi connectivity index (χ4n) is 6.11. The van der Waals surface area contributed by atoms with Crippen LogP contribution in [0.3, 0.4) is 0 Å². The molecule has 0 spiro atoms. The van der Waals surface area contributed by atoms with Crippen LogP contribution in [0.25, 0.3) is 0 Å². The zero-order chi connectivity index (χ0) is 17.2. The number of carbonyl (C=O) groups excluding carboxylic acids is 1. The third-order valence-electron chi connectivity index (χ3n) is 6.38. The maximum Gasteiger partial charge on any atom is 0.259 e. The standard InChI is InChI=1S/C17H28Cl2NO2P/c1-11(2)20(12(3)4)15(21)16-6-13-5-14(7-16)9-17(8-13,10-16)23(18,19)22/h11-14H,5-10H2,1-4H3. The molecule has 4 fully saturated rings. The van der Waals surface area contributed by atoms with Crippen LogP contribution in [0.15, 0.2) is 0 Å². The number of hydrogen-bond donors (Lipinski definition) is 0. The number of nitrogens with zero attached hydrogens (tertiary/aromatic N) is 1. The van der Waals surface area contributed by atoms with E-state index < -0.39 is 16.4 Å². The third-order valence-corrected chi connectivity index (χ3v) is 10.2. The molecule has 0 N–H and O–H groups in total. The second-order valence-electron chi connectivity index (χ2n) is 8.83. The van der Waals surface area contributed by atoms with E-state index in [1.54, 1.807) is 0 Å². The molecule has 4 rings (SSSR count). The van der Waals surface area contributed by atoms with Gasteiger partial charge in [0.1, 0.15) is 0 Å². The highest BCUT2D eigenvalue weighted by molar-refractivity contribution is 8.09. The summed E-state index contributed by atoms with van der Waals surface area (Å²) in [5, 5.41) is -0.518. The molecular formula is C17H28Cl2NO2P. The average molecular weight is 380 g/mol. The minimum Gasteiger partial charge on any atom is -0.337 e. The quantitative estimate of drug-likeness (QED) is 0.592. The molecule has 2 unspecified atom stereocenters. The molecule has 0 aromatic rings. The summed E-state index contributed by atoms with van der Waals surface area (Å²) in [5.74, 6) is -2.11. The molecule has 0 saturated heterocycles. The maximum atomic E-state index is 13.5. The van der Waals surface area contributed by atoms with Crippen molar-refractivity contribution in [2.24, 2.45) is 17.3 Å². The molecule has 132 valence electrons. The first-order valence-electron chi connectivity index (χ1n) is 8.82. The van der Waals surface area contributed by atoms with Gasteiger partial charge in [-0.05, 0) is 101 Å². The van der Waals surface area contributed by atoms with Crippen molar-refractivity contribution in [1.29, 1.82) is 0 Å². The Labute approximate surface area is 149 Å². The van der Waals surface area contributed by atoms with Crippen molar-refractivity contribution in [3.8, 4) is 0 Å². The SMILES string of the molecule is CC(C)N(C(=O)C12CC3CC(C1)CC(P(=O)(Cl)Cl)(C3)C2)C(C)C. The number of carbonyl (C=O) groups is 1. The zero-order valence-electron chi connectivity index (χ0n) is 14.5. The molecule has 0 aromatic heterocycles. The van der Waals surface area contributed by atoms with Crippen molar-refractivity contribution >= 4 is 34.2 Å². The number of halogens is 2. The van der Waals surface area contributed by atoms with E-state index >= 15 is 0 Å². The molecule has 1 amide bonds. The van der Waals surface area contributed by atoms with Crippen LogP contribution in [0, 0.1) is 17.3 Å². The van der Waals surface area contributed by atoms with Crippen LogP contribution in [-0.2, 0) is 9.36 Å². The summed E-state index contributed by atoms with van der Waals surface area (Å²) in [6.45, 7) is 8.29. The van der Waals surface area contributed by atoms with E-state index in [9.17, 15) is 9.36 Å². The van der Waals surface area contributed by atoms with Crippen molar-refractivity contribution in [2.75, 3.05) is 0 Å². The maximum absolute atomic E-state index is 13.5. The average Bonchev–Trinajstić information content (AvgIpc) is 2.34. The summed E-state index contributed by atoms with van der Waals surface area (Å²) in [6.07, 6.45) is 5.29. The molecule has 0 heterocycles. The van der Waals surface area contributed by atoms with Crippen molar-refractivity contribution in [3.63, 3.8) is 0 Å². The Bertz CT molecular complexity index is 535. The molecular weight excluding hydrogens is 352 g/mol. The van der Waals surface area contributed by atoms with Crippen LogP contribution in [0.1, 0.15) is 66.2 Å². The molecule has 0 aromatic carbocycles. The first kappa shape index (κ1) is 18.1. The summed E-state index contributed by atoms with van der Waals surface area (Å²) in [5.41, 5.74) is -0.391. The van der Waals surface area contributed by atoms with Crippen molar-refractivity contribution in [1.82, 2.24) is 4.90 Å². The summed E-state index contributed by atoms with van der Waals surface area (Å²) in [6, 6.07) is 0.343. The lowest BCUT2D eigenvalue weighted by molar-refractivity contribution is -0.159. The van der Waals surface area contributed by atoms with Crippen molar-refractivity contribution in [3.05, 3.63) is 0 Å². The van der Waals surface area contributed by atoms with Gasteiger partial charge in [0, 0.05) is 12.1 Å². The Morgan fingerprint density at radius 3 is 1.91 bits per heavy atom. The van der Waals surface area contributed by atoms with E-state index in [1.807, 2.05) is 4.90 Å². The number of amides is 1. The van der Waals surface area contributed by atoms with Gasteiger partial charge in [0.15, 0.2) is 0 Å². The first-order chi connectivity index (χ1) is 10.5. The van der Waals surface area contributed by atoms with Gasteiger partial charge in [0.05, 0.1) is 10.6 Å². The highest BCUT2D eigenvalue weighted by Crippen LogP contribution is 2.79. The second kappa shape index (κ2) is 5.64. The van der Waals surface area contributed by atoms with Crippen LogP contribution in [0.4, 0.5) is 0 Å². The third kappa shape index (κ3) is 2.79. The fourth-order valence-corrected chi connectivity index (χ4v) is 8.72. The molecule has 3 nitrogen and oxygen atoms in total. The Morgan fingerprint density at radius 2 is 1.52 bits per heavy atom. The van der Waals surface area contributed by atoms with Crippen LogP contribution in [-0.4, -0.2) is 28.0 Å². The van der Waals surface area contributed by atoms with Crippen molar-refractivity contribution in [2.45, 2.75) is 83.5 Å². The largest absolute Gasteiger partial charge is 0.337 e. The van der Waals surface area contributed by atoms with Gasteiger partial charge in [0.25, 0.3) is 5.85 Å². The zero-order valence-corrected chi connectivity index (χ0v) is 16.9. The number of hydrogen-bond acceptors (Lipinski definition) is 2. The molecule has 2 atom stereocenters. The van der Waals surface area contributed by atoms with E-state index in [1.165, 1.54) is 0 Å². The monoisotopic (exact) mass is 379 g/mol. The smallest absolute Gasteiger partial charge is 0.259 e. The predicted octanol–water partition coefficient (Wildman–Crippen LogP) is 5.64. The summed E-state index contributed by atoms with van der Waals surface area (Å²) in [7, 11) is 0. The molecule has 0 aliphatic heterocycles. The second-order valence-corrected chi connectivity index (χ2v) is 14.1. The Balaban J connectivity index is 1.99. The van der Waals surface area contributed by atoms with Gasteiger partial charge in [-0.2, -0.15) is 0 Å². The van der Waals surface area contributed by atoms with Crippen LogP contribution in [0.2, 0.25) is 0 Å². The van der Waals surface area contributed by atoms with Gasteiger partial charge in [-0.1, -0.05) is 0 Å². The van der Waals surface area contributed by atoms with Gasteiger partial charge in [-0.15, -0.1) is 0 Å². The van der Waals surface area contributed by atoms with Gasteiger partial charge in [-0.25, -0.2) is 0 Å². The summed E-state index contributed by atoms with van der Waals surface area (Å²) in [4.78, 5) is 15.5. The molecule has 4 saturated carbocycles. The molecule has 4 aliphatic carbocycles. The molecule has 6 heteroatoms. The van der Waals surface area contributed by atoms with Gasteiger partial charge in [-0.3, -0.25) is 9.36 Å². The van der Waals surface area contributed by atoms with E-state index in [0.717, 1.165) is 32.1 Å². The lowest BCUT2D eigenvalue weighted by Crippen LogP contribution is -2.61. The molecule has 4 aliphatic rings. The Kier molecular flexibility index (Phi) is 4.44. The van der Waals surface area contributed by atoms with Gasteiger partial charge < -0.3 is 4.90 Å². The minimum atomic E-state index is -3.25. The highest BCUT2D eigenvalue weighted by atomic mass is 35.9. The Morgan fingerprint density at radius 1 is 1.04 bits per heavy atom. The van der Waals surface area contributed by atoms with E-state index in [0.29, 0.717) is 18.3 Å². The van der Waals surface area contributed by atoms with Crippen molar-refractivity contribution < 1.29 is 9.36 Å². The molecule has 0 radical (unpaired) electrons. The summed E-state index contributed by atoms with van der Waals surface area (Å²) < 4.78 is 12.7. The number of rotatable bonds is 4. The van der Waals surface area contributed by atoms with Gasteiger partial charge in [0.2, 0.25) is 5.91 Å². The van der Waals surface area contributed by atoms with E-state index in [4.69, 9.17) is 22.5 Å². The normalized spacial score (nSPS) is 39.3. The first-order valence-corrected chi connectivity index (χ1v) is 12.3. The molecule has 4 bridgehead atoms. The minimum absolute atomic E-state index is 0.172.